The number of nitrogens with zero attached hydrogens (tertiary/aromatic N) is 1. The summed E-state index contributed by atoms with van der Waals surface area (Å²) in [5, 5.41) is 5.32. The summed E-state index contributed by atoms with van der Waals surface area (Å²) in [7, 11) is 0. The Labute approximate surface area is 181 Å². The molecule has 0 radical (unpaired) electrons. The molecule has 2 aromatic carbocycles. The lowest BCUT2D eigenvalue weighted by molar-refractivity contribution is 0.0987. The standard InChI is InChI=1S/C24H18N2O4S/c27-22(18-13-16-5-1-2-7-20(16)30-24(18)29)25-17-10-9-15-6-3-11-26(19(15)14-17)23(28)21-8-4-12-31-21/h1-2,4-5,7-10,12-14H,3,6,11H2,(H,25,27). The molecule has 6 nitrogen and oxygen atoms in total. The van der Waals surface area contributed by atoms with Crippen LogP contribution in [0.3, 0.4) is 0 Å². The molecule has 31 heavy (non-hydrogen) atoms. The predicted molar refractivity (Wildman–Crippen MR) is 121 cm³/mol. The van der Waals surface area contributed by atoms with E-state index < -0.39 is 11.5 Å². The Morgan fingerprint density at radius 2 is 1.90 bits per heavy atom. The van der Waals surface area contributed by atoms with Crippen LogP contribution in [-0.2, 0) is 6.42 Å². The van der Waals surface area contributed by atoms with E-state index in [1.807, 2.05) is 29.6 Å². The van der Waals surface area contributed by atoms with Crippen LogP contribution in [0.1, 0.15) is 32.0 Å². The van der Waals surface area contributed by atoms with Crippen LogP contribution in [0.25, 0.3) is 11.0 Å². The van der Waals surface area contributed by atoms with Crippen LogP contribution >= 0.6 is 11.3 Å². The maximum Gasteiger partial charge on any atom is 0.349 e. The van der Waals surface area contributed by atoms with Crippen LogP contribution in [0.4, 0.5) is 11.4 Å². The Kier molecular flexibility index (Phi) is 4.88. The van der Waals surface area contributed by atoms with Crippen molar-refractivity contribution in [1.29, 1.82) is 0 Å². The summed E-state index contributed by atoms with van der Waals surface area (Å²) >= 11 is 1.41. The number of carbonyl (C=O) groups excluding carboxylic acids is 2. The molecule has 0 spiro atoms. The number of hydrogen-bond donors (Lipinski definition) is 1. The third-order valence-corrected chi connectivity index (χ3v) is 6.18. The number of thiophene rings is 1. The average molecular weight is 430 g/mol. The summed E-state index contributed by atoms with van der Waals surface area (Å²) in [4.78, 5) is 40.5. The van der Waals surface area contributed by atoms with Gasteiger partial charge < -0.3 is 14.6 Å². The zero-order valence-corrected chi connectivity index (χ0v) is 17.3. The molecule has 0 saturated heterocycles. The minimum atomic E-state index is -0.691. The van der Waals surface area contributed by atoms with Crippen molar-refractivity contribution in [2.24, 2.45) is 0 Å². The second-order valence-corrected chi connectivity index (χ2v) is 8.27. The van der Waals surface area contributed by atoms with Gasteiger partial charge in [0, 0.05) is 23.3 Å². The zero-order chi connectivity index (χ0) is 21.4. The number of amides is 2. The van der Waals surface area contributed by atoms with E-state index in [1.165, 1.54) is 17.4 Å². The first-order valence-electron chi connectivity index (χ1n) is 9.93. The van der Waals surface area contributed by atoms with E-state index >= 15 is 0 Å². The monoisotopic (exact) mass is 430 g/mol. The highest BCUT2D eigenvalue weighted by molar-refractivity contribution is 7.12. The Morgan fingerprint density at radius 3 is 2.74 bits per heavy atom. The summed E-state index contributed by atoms with van der Waals surface area (Å²) in [6, 6.07) is 17.7. The van der Waals surface area contributed by atoms with Crippen molar-refractivity contribution in [1.82, 2.24) is 0 Å². The van der Waals surface area contributed by atoms with Crippen LogP contribution in [0.5, 0.6) is 0 Å². The number of benzene rings is 2. The molecule has 2 amide bonds. The lowest BCUT2D eigenvalue weighted by atomic mass is 10.0. The first-order chi connectivity index (χ1) is 15.1. The van der Waals surface area contributed by atoms with Crippen molar-refractivity contribution >= 4 is 45.5 Å². The van der Waals surface area contributed by atoms with Crippen molar-refractivity contribution in [2.75, 3.05) is 16.8 Å². The molecular weight excluding hydrogens is 412 g/mol. The fourth-order valence-electron chi connectivity index (χ4n) is 3.82. The average Bonchev–Trinajstić information content (AvgIpc) is 3.32. The molecule has 154 valence electrons. The number of hydrogen-bond acceptors (Lipinski definition) is 5. The van der Waals surface area contributed by atoms with Gasteiger partial charge in [-0.15, -0.1) is 11.3 Å². The molecule has 5 rings (SSSR count). The van der Waals surface area contributed by atoms with Crippen molar-refractivity contribution in [3.8, 4) is 0 Å². The molecule has 1 aliphatic rings. The lowest BCUT2D eigenvalue weighted by Crippen LogP contribution is -2.35. The number of para-hydroxylation sites is 1. The van der Waals surface area contributed by atoms with E-state index in [9.17, 15) is 14.4 Å². The number of aryl methyl sites for hydroxylation is 1. The molecule has 0 aliphatic carbocycles. The van der Waals surface area contributed by atoms with Crippen LogP contribution in [0.15, 0.2) is 75.3 Å². The number of rotatable bonds is 3. The van der Waals surface area contributed by atoms with Gasteiger partial charge in [0.25, 0.3) is 11.8 Å². The fourth-order valence-corrected chi connectivity index (χ4v) is 4.49. The highest BCUT2D eigenvalue weighted by atomic mass is 32.1. The molecule has 0 unspecified atom stereocenters. The maximum atomic E-state index is 12.9. The lowest BCUT2D eigenvalue weighted by Gasteiger charge is -2.29. The van der Waals surface area contributed by atoms with Gasteiger partial charge in [-0.3, -0.25) is 9.59 Å². The van der Waals surface area contributed by atoms with Gasteiger partial charge in [0.05, 0.1) is 4.88 Å². The van der Waals surface area contributed by atoms with Crippen molar-refractivity contribution in [3.05, 3.63) is 92.5 Å². The number of anilines is 2. The largest absolute Gasteiger partial charge is 0.422 e. The maximum absolute atomic E-state index is 12.9. The number of carbonyl (C=O) groups is 2. The molecule has 3 heterocycles. The molecule has 2 aromatic heterocycles. The van der Waals surface area contributed by atoms with E-state index in [0.29, 0.717) is 28.1 Å². The van der Waals surface area contributed by atoms with Gasteiger partial charge in [0.2, 0.25) is 0 Å². The van der Waals surface area contributed by atoms with E-state index in [2.05, 4.69) is 5.32 Å². The first-order valence-corrected chi connectivity index (χ1v) is 10.8. The van der Waals surface area contributed by atoms with Gasteiger partial charge in [-0.2, -0.15) is 0 Å². The first kappa shape index (κ1) is 19.3. The Morgan fingerprint density at radius 1 is 1.03 bits per heavy atom. The van der Waals surface area contributed by atoms with Crippen LogP contribution in [0.2, 0.25) is 0 Å². The van der Waals surface area contributed by atoms with Crippen molar-refractivity contribution in [3.63, 3.8) is 0 Å². The molecular formula is C24H18N2O4S. The number of nitrogens with one attached hydrogen (secondary N) is 1. The third-order valence-electron chi connectivity index (χ3n) is 5.32. The van der Waals surface area contributed by atoms with Gasteiger partial charge in [-0.25, -0.2) is 4.79 Å². The highest BCUT2D eigenvalue weighted by Crippen LogP contribution is 2.32. The molecule has 0 saturated carbocycles. The minimum absolute atomic E-state index is 0.0467. The third kappa shape index (κ3) is 3.64. The van der Waals surface area contributed by atoms with Crippen LogP contribution < -0.4 is 15.8 Å². The summed E-state index contributed by atoms with van der Waals surface area (Å²) < 4.78 is 5.26. The summed E-state index contributed by atoms with van der Waals surface area (Å²) in [5.41, 5.74) is 2.03. The Bertz CT molecular complexity index is 1360. The van der Waals surface area contributed by atoms with E-state index in [4.69, 9.17) is 4.42 Å². The van der Waals surface area contributed by atoms with Crippen LogP contribution in [-0.4, -0.2) is 18.4 Å². The van der Waals surface area contributed by atoms with Gasteiger partial charge in [0.1, 0.15) is 11.1 Å². The van der Waals surface area contributed by atoms with Gasteiger partial charge in [0.15, 0.2) is 0 Å². The van der Waals surface area contributed by atoms with E-state index in [1.54, 1.807) is 35.2 Å². The fraction of sp³-hybridized carbons (Fsp3) is 0.125. The molecule has 4 aromatic rings. The molecule has 1 aliphatic heterocycles. The SMILES string of the molecule is O=C(Nc1ccc2c(c1)N(C(=O)c1cccs1)CCC2)c1cc2ccccc2oc1=O. The second kappa shape index (κ2) is 7.85. The van der Waals surface area contributed by atoms with Gasteiger partial charge in [-0.1, -0.05) is 30.3 Å². The molecule has 0 atom stereocenters. The smallest absolute Gasteiger partial charge is 0.349 e. The molecule has 7 heteroatoms. The second-order valence-electron chi connectivity index (χ2n) is 7.32. The zero-order valence-electron chi connectivity index (χ0n) is 16.5. The Balaban J connectivity index is 1.45. The molecule has 1 N–H and O–H groups in total. The summed E-state index contributed by atoms with van der Waals surface area (Å²) in [5.74, 6) is -0.596. The van der Waals surface area contributed by atoms with Gasteiger partial charge in [-0.05, 0) is 54.1 Å². The quantitative estimate of drug-likeness (QED) is 0.478. The highest BCUT2D eigenvalue weighted by Gasteiger charge is 2.25. The van der Waals surface area contributed by atoms with E-state index in [-0.39, 0.29) is 11.5 Å². The normalized spacial score (nSPS) is 13.1. The van der Waals surface area contributed by atoms with Crippen molar-refractivity contribution < 1.29 is 14.0 Å². The summed E-state index contributed by atoms with van der Waals surface area (Å²) in [6.45, 7) is 0.620. The Hall–Kier alpha value is -3.71. The van der Waals surface area contributed by atoms with Gasteiger partial charge >= 0.3 is 5.63 Å². The topological polar surface area (TPSA) is 79.6 Å². The molecule has 0 fully saturated rings. The van der Waals surface area contributed by atoms with Crippen molar-refractivity contribution in [2.45, 2.75) is 12.8 Å². The van der Waals surface area contributed by atoms with Crippen LogP contribution in [0, 0.1) is 0 Å². The number of fused-ring (bicyclic) bond motifs is 2. The summed E-state index contributed by atoms with van der Waals surface area (Å²) in [6.07, 6.45) is 1.75. The molecule has 0 bridgehead atoms. The van der Waals surface area contributed by atoms with E-state index in [0.717, 1.165) is 24.1 Å². The predicted octanol–water partition coefficient (Wildman–Crippen LogP) is 4.70. The minimum Gasteiger partial charge on any atom is -0.422 e.